The zero-order valence-electron chi connectivity index (χ0n) is 16.4. The Kier molecular flexibility index (Phi) is 6.06. The number of aromatic nitrogens is 1. The summed E-state index contributed by atoms with van der Waals surface area (Å²) in [6.07, 6.45) is 0. The first-order valence-electron chi connectivity index (χ1n) is 9.33. The fourth-order valence-electron chi connectivity index (χ4n) is 2.91. The van der Waals surface area contributed by atoms with Gasteiger partial charge in [-0.1, -0.05) is 17.7 Å². The number of hydrogen-bond donors (Lipinski definition) is 2. The van der Waals surface area contributed by atoms with Crippen LogP contribution in [-0.4, -0.2) is 25.9 Å². The van der Waals surface area contributed by atoms with Crippen LogP contribution in [0.4, 0.5) is 5.69 Å². The van der Waals surface area contributed by atoms with E-state index < -0.39 is 15.9 Å². The monoisotopic (exact) mass is 471 g/mol. The van der Waals surface area contributed by atoms with Crippen LogP contribution in [0, 0.1) is 6.92 Å². The van der Waals surface area contributed by atoms with Crippen LogP contribution in [0.25, 0.3) is 20.8 Å². The lowest BCUT2D eigenvalue weighted by molar-refractivity contribution is -0.115. The first-order valence-corrected chi connectivity index (χ1v) is 12.0. The number of amides is 1. The topological polar surface area (TPSA) is 88.2 Å². The van der Waals surface area contributed by atoms with Gasteiger partial charge in [0.1, 0.15) is 5.01 Å². The maximum atomic E-state index is 12.3. The molecule has 0 bridgehead atoms. The normalized spacial score (nSPS) is 11.5. The van der Waals surface area contributed by atoms with E-state index in [4.69, 9.17) is 11.6 Å². The Balaban J connectivity index is 1.39. The van der Waals surface area contributed by atoms with Gasteiger partial charge in [0, 0.05) is 16.3 Å². The van der Waals surface area contributed by atoms with Gasteiger partial charge in [0.15, 0.2) is 0 Å². The number of hydrogen-bond acceptors (Lipinski definition) is 5. The number of benzene rings is 3. The molecule has 9 heteroatoms. The van der Waals surface area contributed by atoms with Crippen LogP contribution in [0.5, 0.6) is 0 Å². The summed E-state index contributed by atoms with van der Waals surface area (Å²) in [6, 6.07) is 19.1. The lowest BCUT2D eigenvalue weighted by atomic mass is 10.2. The molecule has 0 radical (unpaired) electrons. The first kappa shape index (κ1) is 21.5. The molecular formula is C22H18ClN3O3S2. The molecule has 0 spiro atoms. The van der Waals surface area contributed by atoms with Crippen LogP contribution in [0.3, 0.4) is 0 Å². The Morgan fingerprint density at radius 2 is 1.74 bits per heavy atom. The third kappa shape index (κ3) is 5.11. The number of carbonyl (C=O) groups excluding carboxylic acids is 1. The lowest BCUT2D eigenvalue weighted by Crippen LogP contribution is -2.32. The molecule has 0 aliphatic heterocycles. The highest BCUT2D eigenvalue weighted by molar-refractivity contribution is 7.89. The van der Waals surface area contributed by atoms with Crippen molar-refractivity contribution in [3.05, 3.63) is 77.3 Å². The van der Waals surface area contributed by atoms with E-state index >= 15 is 0 Å². The number of rotatable bonds is 6. The highest BCUT2D eigenvalue weighted by atomic mass is 35.5. The maximum Gasteiger partial charge on any atom is 0.241 e. The van der Waals surface area contributed by atoms with E-state index in [0.717, 1.165) is 20.8 Å². The first-order chi connectivity index (χ1) is 14.8. The van der Waals surface area contributed by atoms with Crippen molar-refractivity contribution in [2.45, 2.75) is 11.8 Å². The molecular weight excluding hydrogens is 454 g/mol. The molecule has 0 fully saturated rings. The van der Waals surface area contributed by atoms with E-state index in [2.05, 4.69) is 21.1 Å². The maximum absolute atomic E-state index is 12.3. The smallest absolute Gasteiger partial charge is 0.241 e. The standard InChI is InChI=1S/C22H18ClN3O3S2/c1-14-2-11-19-20(12-14)30-22(26-19)15-3-7-17(8-4-15)25-21(27)13-24-31(28,29)18-9-5-16(23)6-10-18/h2-12,24H,13H2,1H3,(H,25,27). The van der Waals surface area contributed by atoms with Gasteiger partial charge >= 0.3 is 0 Å². The van der Waals surface area contributed by atoms with Crippen molar-refractivity contribution < 1.29 is 13.2 Å². The number of anilines is 1. The quantitative estimate of drug-likeness (QED) is 0.421. The van der Waals surface area contributed by atoms with Gasteiger partial charge in [0.2, 0.25) is 15.9 Å². The molecule has 158 valence electrons. The summed E-state index contributed by atoms with van der Waals surface area (Å²) in [7, 11) is -3.80. The summed E-state index contributed by atoms with van der Waals surface area (Å²) in [5.41, 5.74) is 3.65. The molecule has 4 aromatic rings. The summed E-state index contributed by atoms with van der Waals surface area (Å²) >= 11 is 7.38. The number of nitrogens with zero attached hydrogens (tertiary/aromatic N) is 1. The minimum atomic E-state index is -3.80. The van der Waals surface area contributed by atoms with Crippen LogP contribution in [-0.2, 0) is 14.8 Å². The number of thiazole rings is 1. The summed E-state index contributed by atoms with van der Waals surface area (Å²) in [5.74, 6) is -0.472. The Labute approximate surface area is 189 Å². The zero-order valence-corrected chi connectivity index (χ0v) is 18.8. The second-order valence-corrected chi connectivity index (χ2v) is 10.1. The predicted molar refractivity (Wildman–Crippen MR) is 125 cm³/mol. The van der Waals surface area contributed by atoms with Gasteiger partial charge in [-0.05, 0) is 73.2 Å². The highest BCUT2D eigenvalue weighted by Gasteiger charge is 2.15. The molecule has 0 saturated carbocycles. The predicted octanol–water partition coefficient (Wildman–Crippen LogP) is 4.84. The second-order valence-electron chi connectivity index (χ2n) is 6.89. The number of fused-ring (bicyclic) bond motifs is 1. The molecule has 4 rings (SSSR count). The molecule has 0 aliphatic carbocycles. The Morgan fingerprint density at radius 3 is 2.45 bits per heavy atom. The molecule has 0 unspecified atom stereocenters. The summed E-state index contributed by atoms with van der Waals surface area (Å²) in [6.45, 7) is 1.66. The van der Waals surface area contributed by atoms with Gasteiger partial charge in [-0.2, -0.15) is 0 Å². The van der Waals surface area contributed by atoms with Crippen LogP contribution in [0.2, 0.25) is 5.02 Å². The van der Waals surface area contributed by atoms with E-state index in [1.165, 1.54) is 29.8 Å². The minimum absolute atomic E-state index is 0.0417. The van der Waals surface area contributed by atoms with Crippen LogP contribution < -0.4 is 10.0 Å². The molecule has 0 atom stereocenters. The van der Waals surface area contributed by atoms with Crippen LogP contribution >= 0.6 is 22.9 Å². The second kappa shape index (κ2) is 8.76. The van der Waals surface area contributed by atoms with Gasteiger partial charge in [0.25, 0.3) is 0 Å². The SMILES string of the molecule is Cc1ccc2nc(-c3ccc(NC(=O)CNS(=O)(=O)c4ccc(Cl)cc4)cc3)sc2c1. The van der Waals surface area contributed by atoms with Crippen LogP contribution in [0.1, 0.15) is 5.56 Å². The van der Waals surface area contributed by atoms with Gasteiger partial charge in [-0.3, -0.25) is 4.79 Å². The molecule has 1 aromatic heterocycles. The fraction of sp³-hybridized carbons (Fsp3) is 0.0909. The van der Waals surface area contributed by atoms with E-state index in [1.807, 2.05) is 31.2 Å². The molecule has 3 aromatic carbocycles. The number of nitrogens with one attached hydrogen (secondary N) is 2. The van der Waals surface area contributed by atoms with Gasteiger partial charge < -0.3 is 5.32 Å². The average Bonchev–Trinajstić information content (AvgIpc) is 3.16. The zero-order chi connectivity index (χ0) is 22.0. The van der Waals surface area contributed by atoms with Crippen molar-refractivity contribution in [3.8, 4) is 10.6 Å². The van der Waals surface area contributed by atoms with Gasteiger partial charge in [-0.15, -0.1) is 11.3 Å². The third-order valence-electron chi connectivity index (χ3n) is 4.51. The Hall–Kier alpha value is -2.78. The molecule has 1 amide bonds. The third-order valence-corrected chi connectivity index (χ3v) is 7.24. The Morgan fingerprint density at radius 1 is 1.03 bits per heavy atom. The fourth-order valence-corrected chi connectivity index (χ4v) is 5.09. The average molecular weight is 472 g/mol. The van der Waals surface area contributed by atoms with Crippen molar-refractivity contribution in [2.24, 2.45) is 0 Å². The van der Waals surface area contributed by atoms with Gasteiger partial charge in [-0.25, -0.2) is 18.1 Å². The van der Waals surface area contributed by atoms with E-state index in [1.54, 1.807) is 23.5 Å². The molecule has 31 heavy (non-hydrogen) atoms. The Bertz CT molecular complexity index is 1350. The van der Waals surface area contributed by atoms with Crippen molar-refractivity contribution in [2.75, 3.05) is 11.9 Å². The molecule has 6 nitrogen and oxygen atoms in total. The molecule has 0 saturated heterocycles. The number of halogens is 1. The molecule has 2 N–H and O–H groups in total. The van der Waals surface area contributed by atoms with Gasteiger partial charge in [0.05, 0.1) is 21.7 Å². The van der Waals surface area contributed by atoms with Crippen molar-refractivity contribution in [3.63, 3.8) is 0 Å². The summed E-state index contributed by atoms with van der Waals surface area (Å²) in [4.78, 5) is 16.9. The van der Waals surface area contributed by atoms with Crippen molar-refractivity contribution in [1.82, 2.24) is 9.71 Å². The highest BCUT2D eigenvalue weighted by Crippen LogP contribution is 2.31. The molecule has 1 heterocycles. The minimum Gasteiger partial charge on any atom is -0.325 e. The van der Waals surface area contributed by atoms with E-state index in [-0.39, 0.29) is 11.4 Å². The van der Waals surface area contributed by atoms with Crippen LogP contribution in [0.15, 0.2) is 71.6 Å². The summed E-state index contributed by atoms with van der Waals surface area (Å²) in [5, 5.41) is 4.01. The number of sulfonamides is 1. The van der Waals surface area contributed by atoms with E-state index in [0.29, 0.717) is 10.7 Å². The largest absolute Gasteiger partial charge is 0.325 e. The van der Waals surface area contributed by atoms with E-state index in [9.17, 15) is 13.2 Å². The molecule has 0 aliphatic rings. The summed E-state index contributed by atoms with van der Waals surface area (Å²) < 4.78 is 27.9. The number of aryl methyl sites for hydroxylation is 1. The number of carbonyl (C=O) groups is 1. The van der Waals surface area contributed by atoms with Crippen molar-refractivity contribution in [1.29, 1.82) is 0 Å². The van der Waals surface area contributed by atoms with Crippen molar-refractivity contribution >= 4 is 54.8 Å². The lowest BCUT2D eigenvalue weighted by Gasteiger charge is -2.08.